The minimum absolute atomic E-state index is 0.0484. The van der Waals surface area contributed by atoms with E-state index < -0.39 is 28.5 Å². The molecule has 10 heteroatoms. The maximum absolute atomic E-state index is 13.8. The van der Waals surface area contributed by atoms with Gasteiger partial charge in [-0.05, 0) is 57.2 Å². The maximum Gasteiger partial charge on any atom is 0.264 e. The summed E-state index contributed by atoms with van der Waals surface area (Å²) >= 11 is 12.7. The minimum Gasteiger partial charge on any atom is -0.355 e. The van der Waals surface area contributed by atoms with Crippen molar-refractivity contribution in [3.63, 3.8) is 0 Å². The fourth-order valence-electron chi connectivity index (χ4n) is 3.72. The molecule has 0 aliphatic rings. The topological polar surface area (TPSA) is 86.8 Å². The molecule has 1 atom stereocenters. The Bertz CT molecular complexity index is 1330. The summed E-state index contributed by atoms with van der Waals surface area (Å²) in [6.45, 7) is 4.96. The Morgan fingerprint density at radius 2 is 1.51 bits per heavy atom. The standard InChI is InChI=1S/C27H29Cl2N3O4S/c1-4-30-27(34)20(3)31(17-23-24(28)11-8-12-25(23)29)26(33)18-32(21-9-6-5-7-10-21)37(35,36)22-15-13-19(2)14-16-22/h5-16,20H,4,17-18H2,1-3H3,(H,30,34)/t20-/m0/s1. The van der Waals surface area contributed by atoms with Gasteiger partial charge in [-0.15, -0.1) is 0 Å². The van der Waals surface area contributed by atoms with Gasteiger partial charge in [0.1, 0.15) is 12.6 Å². The van der Waals surface area contributed by atoms with Crippen molar-refractivity contribution in [2.45, 2.75) is 38.3 Å². The first-order chi connectivity index (χ1) is 17.6. The van der Waals surface area contributed by atoms with Crippen LogP contribution in [0.25, 0.3) is 0 Å². The lowest BCUT2D eigenvalue weighted by atomic mass is 10.1. The van der Waals surface area contributed by atoms with Crippen LogP contribution in [-0.4, -0.2) is 44.3 Å². The molecule has 3 aromatic rings. The average molecular weight is 563 g/mol. The lowest BCUT2D eigenvalue weighted by Crippen LogP contribution is -2.51. The van der Waals surface area contributed by atoms with Crippen LogP contribution in [0.1, 0.15) is 25.0 Å². The predicted octanol–water partition coefficient (Wildman–Crippen LogP) is 5.05. The highest BCUT2D eigenvalue weighted by atomic mass is 35.5. The third-order valence-corrected chi connectivity index (χ3v) is 8.34. The molecule has 0 saturated heterocycles. The molecule has 0 unspecified atom stereocenters. The number of rotatable bonds is 10. The highest BCUT2D eigenvalue weighted by molar-refractivity contribution is 7.92. The first kappa shape index (κ1) is 28.5. The van der Waals surface area contributed by atoms with Crippen LogP contribution >= 0.6 is 23.2 Å². The van der Waals surface area contributed by atoms with Gasteiger partial charge < -0.3 is 10.2 Å². The fraction of sp³-hybridized carbons (Fsp3) is 0.259. The van der Waals surface area contributed by atoms with Gasteiger partial charge in [-0.1, -0.05) is 65.2 Å². The number of likely N-dealkylation sites (N-methyl/N-ethyl adjacent to an activating group) is 1. The van der Waals surface area contributed by atoms with Crippen LogP contribution in [0.2, 0.25) is 10.0 Å². The summed E-state index contributed by atoms with van der Waals surface area (Å²) in [4.78, 5) is 27.9. The molecule has 0 aromatic heterocycles. The molecule has 0 spiro atoms. The summed E-state index contributed by atoms with van der Waals surface area (Å²) in [6, 6.07) is 18.8. The molecule has 196 valence electrons. The summed E-state index contributed by atoms with van der Waals surface area (Å²) in [6.07, 6.45) is 0. The van der Waals surface area contributed by atoms with E-state index in [4.69, 9.17) is 23.2 Å². The zero-order valence-corrected chi connectivity index (χ0v) is 23.1. The van der Waals surface area contributed by atoms with Crippen LogP contribution < -0.4 is 9.62 Å². The molecule has 0 aliphatic heterocycles. The number of anilines is 1. The molecular weight excluding hydrogens is 533 g/mol. The Hall–Kier alpha value is -3.07. The van der Waals surface area contributed by atoms with Crippen molar-refractivity contribution in [2.24, 2.45) is 0 Å². The number of carbonyl (C=O) groups excluding carboxylic acids is 2. The first-order valence-electron chi connectivity index (χ1n) is 11.7. The van der Waals surface area contributed by atoms with E-state index in [9.17, 15) is 18.0 Å². The SMILES string of the molecule is CCNC(=O)[C@H](C)N(Cc1c(Cl)cccc1Cl)C(=O)CN(c1ccccc1)S(=O)(=O)c1ccc(C)cc1. The van der Waals surface area contributed by atoms with Crippen molar-refractivity contribution < 1.29 is 18.0 Å². The van der Waals surface area contributed by atoms with Crippen LogP contribution in [0.5, 0.6) is 0 Å². The van der Waals surface area contributed by atoms with Crippen molar-refractivity contribution in [1.82, 2.24) is 10.2 Å². The van der Waals surface area contributed by atoms with Crippen LogP contribution in [0.3, 0.4) is 0 Å². The van der Waals surface area contributed by atoms with E-state index in [0.717, 1.165) is 9.87 Å². The molecule has 3 rings (SSSR count). The molecular formula is C27H29Cl2N3O4S. The van der Waals surface area contributed by atoms with Crippen molar-refractivity contribution in [1.29, 1.82) is 0 Å². The molecule has 7 nitrogen and oxygen atoms in total. The third-order valence-electron chi connectivity index (χ3n) is 5.84. The van der Waals surface area contributed by atoms with Crippen molar-refractivity contribution >= 4 is 50.7 Å². The summed E-state index contributed by atoms with van der Waals surface area (Å²) in [5, 5.41) is 3.38. The highest BCUT2D eigenvalue weighted by Gasteiger charge is 2.33. The predicted molar refractivity (Wildman–Crippen MR) is 147 cm³/mol. The van der Waals surface area contributed by atoms with E-state index in [1.807, 2.05) is 6.92 Å². The number of nitrogens with zero attached hydrogens (tertiary/aromatic N) is 2. The Balaban J connectivity index is 2.04. The zero-order chi connectivity index (χ0) is 27.2. The van der Waals surface area contributed by atoms with Gasteiger partial charge in [0.05, 0.1) is 10.6 Å². The number of benzene rings is 3. The second-order valence-electron chi connectivity index (χ2n) is 8.45. The van der Waals surface area contributed by atoms with Gasteiger partial charge in [-0.25, -0.2) is 8.42 Å². The van der Waals surface area contributed by atoms with E-state index >= 15 is 0 Å². The number of nitrogens with one attached hydrogen (secondary N) is 1. The van der Waals surface area contributed by atoms with Crippen molar-refractivity contribution in [3.8, 4) is 0 Å². The number of halogens is 2. The molecule has 0 radical (unpaired) electrons. The van der Waals surface area contributed by atoms with Crippen molar-refractivity contribution in [2.75, 3.05) is 17.4 Å². The Morgan fingerprint density at radius 3 is 2.08 bits per heavy atom. The molecule has 1 N–H and O–H groups in total. The summed E-state index contributed by atoms with van der Waals surface area (Å²) in [7, 11) is -4.11. The number of carbonyl (C=O) groups is 2. The number of hydrogen-bond donors (Lipinski definition) is 1. The van der Waals surface area contributed by atoms with Crippen LogP contribution in [0.4, 0.5) is 5.69 Å². The second kappa shape index (κ2) is 12.4. The summed E-state index contributed by atoms with van der Waals surface area (Å²) in [5.74, 6) is -0.971. The van der Waals surface area contributed by atoms with E-state index in [1.165, 1.54) is 17.0 Å². The van der Waals surface area contributed by atoms with Gasteiger partial charge in [0.15, 0.2) is 0 Å². The van der Waals surface area contributed by atoms with E-state index in [1.54, 1.807) is 74.5 Å². The molecule has 3 aromatic carbocycles. The molecule has 0 aliphatic carbocycles. The Labute approximate surface area is 228 Å². The monoisotopic (exact) mass is 561 g/mol. The third kappa shape index (κ3) is 6.83. The molecule has 2 amide bonds. The smallest absolute Gasteiger partial charge is 0.264 e. The summed E-state index contributed by atoms with van der Waals surface area (Å²) < 4.78 is 28.5. The lowest BCUT2D eigenvalue weighted by Gasteiger charge is -2.32. The van der Waals surface area contributed by atoms with Gasteiger partial charge >= 0.3 is 0 Å². The van der Waals surface area contributed by atoms with Crippen LogP contribution in [0.15, 0.2) is 77.7 Å². The minimum atomic E-state index is -4.11. The van der Waals surface area contributed by atoms with Gasteiger partial charge in [-0.3, -0.25) is 13.9 Å². The molecule has 0 bridgehead atoms. The van der Waals surface area contributed by atoms with Crippen LogP contribution in [0, 0.1) is 6.92 Å². The maximum atomic E-state index is 13.8. The van der Waals surface area contributed by atoms with Gasteiger partial charge in [-0.2, -0.15) is 0 Å². The van der Waals surface area contributed by atoms with Gasteiger partial charge in [0, 0.05) is 28.7 Å². The lowest BCUT2D eigenvalue weighted by molar-refractivity contribution is -0.139. The second-order valence-corrected chi connectivity index (χ2v) is 11.1. The Morgan fingerprint density at radius 1 is 0.919 bits per heavy atom. The van der Waals surface area contributed by atoms with Crippen LogP contribution in [-0.2, 0) is 26.2 Å². The number of amides is 2. The van der Waals surface area contributed by atoms with E-state index in [-0.39, 0.29) is 17.3 Å². The molecule has 0 heterocycles. The molecule has 37 heavy (non-hydrogen) atoms. The normalized spacial score (nSPS) is 12.0. The van der Waals surface area contributed by atoms with E-state index in [2.05, 4.69) is 5.32 Å². The highest BCUT2D eigenvalue weighted by Crippen LogP contribution is 2.28. The number of para-hydroxylation sites is 1. The zero-order valence-electron chi connectivity index (χ0n) is 20.8. The quantitative estimate of drug-likeness (QED) is 0.375. The molecule has 0 fully saturated rings. The average Bonchev–Trinajstić information content (AvgIpc) is 2.87. The van der Waals surface area contributed by atoms with E-state index in [0.29, 0.717) is 27.8 Å². The summed E-state index contributed by atoms with van der Waals surface area (Å²) in [5.41, 5.74) is 1.68. The largest absolute Gasteiger partial charge is 0.355 e. The number of sulfonamides is 1. The van der Waals surface area contributed by atoms with Gasteiger partial charge in [0.25, 0.3) is 10.0 Å². The molecule has 0 saturated carbocycles. The number of hydrogen-bond acceptors (Lipinski definition) is 4. The van der Waals surface area contributed by atoms with Gasteiger partial charge in [0.2, 0.25) is 11.8 Å². The fourth-order valence-corrected chi connectivity index (χ4v) is 5.65. The first-order valence-corrected chi connectivity index (χ1v) is 13.9. The van der Waals surface area contributed by atoms with Crippen molar-refractivity contribution in [3.05, 3.63) is 94.0 Å². The Kier molecular flexibility index (Phi) is 9.59. The number of aryl methyl sites for hydroxylation is 1.